The summed E-state index contributed by atoms with van der Waals surface area (Å²) >= 11 is 5.72. The fourth-order valence-electron chi connectivity index (χ4n) is 2.31. The Morgan fingerprint density at radius 2 is 2.19 bits per heavy atom. The smallest absolute Gasteiger partial charge is 0.310 e. The molecule has 1 aliphatic heterocycles. The Hall–Kier alpha value is -2.15. The van der Waals surface area contributed by atoms with Crippen LogP contribution < -0.4 is 0 Å². The van der Waals surface area contributed by atoms with Crippen molar-refractivity contribution < 1.29 is 19.2 Å². The Bertz CT molecular complexity index is 604. The first-order valence-electron chi connectivity index (χ1n) is 6.25. The van der Waals surface area contributed by atoms with Crippen molar-refractivity contribution in [2.24, 2.45) is 5.92 Å². The number of halogens is 1. The highest BCUT2D eigenvalue weighted by Gasteiger charge is 2.34. The van der Waals surface area contributed by atoms with E-state index in [1.807, 2.05) is 0 Å². The summed E-state index contributed by atoms with van der Waals surface area (Å²) in [5.41, 5.74) is -0.371. The molecule has 21 heavy (non-hydrogen) atoms. The van der Waals surface area contributed by atoms with Crippen molar-refractivity contribution in [3.63, 3.8) is 0 Å². The Morgan fingerprint density at radius 1 is 1.48 bits per heavy atom. The van der Waals surface area contributed by atoms with Gasteiger partial charge < -0.3 is 9.64 Å². The van der Waals surface area contributed by atoms with Gasteiger partial charge in [0, 0.05) is 24.2 Å². The number of methoxy groups -OCH3 is 1. The number of carbonyl (C=O) groups excluding carboxylic acids is 2. The van der Waals surface area contributed by atoms with E-state index < -0.39 is 10.8 Å². The van der Waals surface area contributed by atoms with Crippen molar-refractivity contribution in [3.05, 3.63) is 38.9 Å². The summed E-state index contributed by atoms with van der Waals surface area (Å²) in [6.07, 6.45) is 0.486. The number of nitrogens with zero attached hydrogens (tertiary/aromatic N) is 2. The maximum atomic E-state index is 12.4. The molecule has 1 amide bonds. The normalized spacial score (nSPS) is 17.6. The Morgan fingerprint density at radius 3 is 2.81 bits per heavy atom. The topological polar surface area (TPSA) is 89.8 Å². The van der Waals surface area contributed by atoms with Gasteiger partial charge >= 0.3 is 5.97 Å². The number of likely N-dealkylation sites (tertiary alicyclic amines) is 1. The molecule has 8 heteroatoms. The van der Waals surface area contributed by atoms with Gasteiger partial charge in [-0.3, -0.25) is 19.7 Å². The molecular weight excluding hydrogens is 300 g/mol. The first-order chi connectivity index (χ1) is 9.93. The van der Waals surface area contributed by atoms with Gasteiger partial charge in [-0.25, -0.2) is 0 Å². The Balaban J connectivity index is 2.22. The van der Waals surface area contributed by atoms with Crippen molar-refractivity contribution in [2.75, 3.05) is 20.2 Å². The minimum Gasteiger partial charge on any atom is -0.469 e. The lowest BCUT2D eigenvalue weighted by Crippen LogP contribution is -2.30. The number of amides is 1. The standard InChI is InChI=1S/C13H13ClN2O5/c1-21-13(18)8-4-5-15(7-8)12(17)10-3-2-9(14)6-11(10)16(19)20/h2-3,6,8H,4-5,7H2,1H3. The van der Waals surface area contributed by atoms with Crippen LogP contribution in [0.4, 0.5) is 5.69 Å². The van der Waals surface area contributed by atoms with Gasteiger partial charge in [0.25, 0.3) is 11.6 Å². The zero-order valence-electron chi connectivity index (χ0n) is 11.2. The number of esters is 1. The summed E-state index contributed by atoms with van der Waals surface area (Å²) < 4.78 is 4.64. The molecule has 0 aliphatic carbocycles. The number of rotatable bonds is 3. The Kier molecular flexibility index (Phi) is 4.42. The van der Waals surface area contributed by atoms with Crippen LogP contribution in [0, 0.1) is 16.0 Å². The number of nitro groups is 1. The van der Waals surface area contributed by atoms with Crippen LogP contribution in [0.15, 0.2) is 18.2 Å². The van der Waals surface area contributed by atoms with Crippen molar-refractivity contribution in [1.82, 2.24) is 4.90 Å². The minimum atomic E-state index is -0.646. The summed E-state index contributed by atoms with van der Waals surface area (Å²) in [5.74, 6) is -1.24. The average Bonchev–Trinajstić information content (AvgIpc) is 2.95. The predicted molar refractivity (Wildman–Crippen MR) is 74.1 cm³/mol. The zero-order chi connectivity index (χ0) is 15.6. The Labute approximate surface area is 125 Å². The fourth-order valence-corrected chi connectivity index (χ4v) is 2.48. The summed E-state index contributed by atoms with van der Waals surface area (Å²) in [6.45, 7) is 0.559. The molecule has 112 valence electrons. The van der Waals surface area contributed by atoms with E-state index in [1.54, 1.807) is 0 Å². The van der Waals surface area contributed by atoms with Crippen LogP contribution in [0.25, 0.3) is 0 Å². The molecule has 1 aromatic rings. The maximum absolute atomic E-state index is 12.4. The quantitative estimate of drug-likeness (QED) is 0.483. The lowest BCUT2D eigenvalue weighted by Gasteiger charge is -2.16. The minimum absolute atomic E-state index is 0.0325. The first kappa shape index (κ1) is 15.2. The average molecular weight is 313 g/mol. The molecule has 0 saturated carbocycles. The van der Waals surface area contributed by atoms with E-state index in [4.69, 9.17) is 11.6 Å². The number of ether oxygens (including phenoxy) is 1. The van der Waals surface area contributed by atoms with Crippen LogP contribution >= 0.6 is 11.6 Å². The molecule has 0 bridgehead atoms. The largest absolute Gasteiger partial charge is 0.469 e. The van der Waals surface area contributed by atoms with E-state index in [9.17, 15) is 19.7 Å². The maximum Gasteiger partial charge on any atom is 0.310 e. The summed E-state index contributed by atoms with van der Waals surface area (Å²) in [4.78, 5) is 35.6. The van der Waals surface area contributed by atoms with Gasteiger partial charge in [0.05, 0.1) is 18.0 Å². The summed E-state index contributed by atoms with van der Waals surface area (Å²) in [5, 5.41) is 11.2. The zero-order valence-corrected chi connectivity index (χ0v) is 12.0. The molecule has 1 fully saturated rings. The lowest BCUT2D eigenvalue weighted by molar-refractivity contribution is -0.385. The van der Waals surface area contributed by atoms with Gasteiger partial charge in [0.2, 0.25) is 0 Å². The molecule has 0 aromatic heterocycles. The molecule has 1 heterocycles. The molecule has 1 saturated heterocycles. The molecule has 1 unspecified atom stereocenters. The molecule has 7 nitrogen and oxygen atoms in total. The molecule has 0 N–H and O–H groups in total. The highest BCUT2D eigenvalue weighted by atomic mass is 35.5. The van der Waals surface area contributed by atoms with Gasteiger partial charge in [0.15, 0.2) is 0 Å². The van der Waals surface area contributed by atoms with Gasteiger partial charge in [-0.2, -0.15) is 0 Å². The number of nitro benzene ring substituents is 1. The summed E-state index contributed by atoms with van der Waals surface area (Å²) in [7, 11) is 1.29. The van der Waals surface area contributed by atoms with E-state index in [-0.39, 0.29) is 34.7 Å². The van der Waals surface area contributed by atoms with Crippen LogP contribution in [0.3, 0.4) is 0 Å². The van der Waals surface area contributed by atoms with Gasteiger partial charge in [-0.15, -0.1) is 0 Å². The van der Waals surface area contributed by atoms with Crippen molar-refractivity contribution in [2.45, 2.75) is 6.42 Å². The molecule has 2 rings (SSSR count). The van der Waals surface area contributed by atoms with Crippen LogP contribution in [0.5, 0.6) is 0 Å². The number of hydrogen-bond donors (Lipinski definition) is 0. The highest BCUT2D eigenvalue weighted by Crippen LogP contribution is 2.27. The van der Waals surface area contributed by atoms with Crippen LogP contribution in [0.1, 0.15) is 16.8 Å². The first-order valence-corrected chi connectivity index (χ1v) is 6.63. The third-order valence-corrected chi connectivity index (χ3v) is 3.63. The molecule has 1 aliphatic rings. The molecule has 0 spiro atoms. The second kappa shape index (κ2) is 6.09. The van der Waals surface area contributed by atoms with E-state index in [0.29, 0.717) is 13.0 Å². The SMILES string of the molecule is COC(=O)C1CCN(C(=O)c2ccc(Cl)cc2[N+](=O)[O-])C1. The summed E-state index contributed by atoms with van der Waals surface area (Å²) in [6, 6.07) is 3.90. The monoisotopic (exact) mass is 312 g/mol. The van der Waals surface area contributed by atoms with Crippen LogP contribution in [-0.4, -0.2) is 41.9 Å². The number of benzene rings is 1. The van der Waals surface area contributed by atoms with E-state index in [2.05, 4.69) is 4.74 Å². The lowest BCUT2D eigenvalue weighted by atomic mass is 10.1. The molecular formula is C13H13ClN2O5. The molecule has 1 atom stereocenters. The highest BCUT2D eigenvalue weighted by molar-refractivity contribution is 6.31. The van der Waals surface area contributed by atoms with Gasteiger partial charge in [0.1, 0.15) is 5.56 Å². The molecule has 1 aromatic carbocycles. The number of hydrogen-bond acceptors (Lipinski definition) is 5. The number of carbonyl (C=O) groups is 2. The third-order valence-electron chi connectivity index (χ3n) is 3.40. The van der Waals surface area contributed by atoms with Crippen molar-refractivity contribution >= 4 is 29.2 Å². The second-order valence-electron chi connectivity index (χ2n) is 4.68. The third kappa shape index (κ3) is 3.13. The van der Waals surface area contributed by atoms with Gasteiger partial charge in [-0.1, -0.05) is 11.6 Å². The van der Waals surface area contributed by atoms with E-state index in [0.717, 1.165) is 6.07 Å². The fraction of sp³-hybridized carbons (Fsp3) is 0.385. The van der Waals surface area contributed by atoms with Crippen molar-refractivity contribution in [3.8, 4) is 0 Å². The van der Waals surface area contributed by atoms with Gasteiger partial charge in [-0.05, 0) is 18.6 Å². The second-order valence-corrected chi connectivity index (χ2v) is 5.11. The van der Waals surface area contributed by atoms with E-state index >= 15 is 0 Å². The van der Waals surface area contributed by atoms with Crippen LogP contribution in [0.2, 0.25) is 5.02 Å². The predicted octanol–water partition coefficient (Wildman–Crippen LogP) is 1.88. The van der Waals surface area contributed by atoms with Crippen molar-refractivity contribution in [1.29, 1.82) is 0 Å². The van der Waals surface area contributed by atoms with E-state index in [1.165, 1.54) is 24.1 Å². The van der Waals surface area contributed by atoms with Crippen LogP contribution in [-0.2, 0) is 9.53 Å². The molecule has 0 radical (unpaired) electrons.